The quantitative estimate of drug-likeness (QED) is 0.834. The number of methoxy groups -OCH3 is 2. The van der Waals surface area contributed by atoms with E-state index in [1.54, 1.807) is 26.0 Å². The number of nitrogens with two attached hydrogens (primary N) is 1. The summed E-state index contributed by atoms with van der Waals surface area (Å²) in [5, 5.41) is 0. The minimum Gasteiger partial charge on any atom is -0.496 e. The van der Waals surface area contributed by atoms with Crippen LogP contribution in [0.25, 0.3) is 0 Å². The number of rotatable bonds is 5. The second kappa shape index (κ2) is 5.85. The Balaban J connectivity index is 3.29. The van der Waals surface area contributed by atoms with Crippen LogP contribution >= 0.6 is 11.8 Å². The SMILES string of the molecule is COc1cc(SC(C)(C)CN)c(OC)c(C)c1C. The number of ether oxygens (including phenoxy) is 2. The number of hydrogen-bond donors (Lipinski definition) is 1. The molecule has 18 heavy (non-hydrogen) atoms. The molecule has 1 aromatic rings. The summed E-state index contributed by atoms with van der Waals surface area (Å²) in [5.74, 6) is 1.81. The molecule has 0 saturated carbocycles. The molecular weight excluding hydrogens is 246 g/mol. The molecule has 1 aromatic carbocycles. The van der Waals surface area contributed by atoms with E-state index in [0.29, 0.717) is 6.54 Å². The first kappa shape index (κ1) is 15.2. The average Bonchev–Trinajstić information content (AvgIpc) is 2.33. The topological polar surface area (TPSA) is 44.5 Å². The highest BCUT2D eigenvalue weighted by Gasteiger charge is 2.22. The molecule has 0 saturated heterocycles. The average molecular weight is 269 g/mol. The Kier molecular flexibility index (Phi) is 4.93. The van der Waals surface area contributed by atoms with E-state index < -0.39 is 0 Å². The molecule has 1 rings (SSSR count). The Hall–Kier alpha value is -0.870. The van der Waals surface area contributed by atoms with E-state index in [4.69, 9.17) is 15.2 Å². The first-order chi connectivity index (χ1) is 8.36. The molecule has 0 aliphatic carbocycles. The van der Waals surface area contributed by atoms with Crippen molar-refractivity contribution in [3.8, 4) is 11.5 Å². The van der Waals surface area contributed by atoms with Gasteiger partial charge in [-0.3, -0.25) is 0 Å². The predicted molar refractivity (Wildman–Crippen MR) is 78.0 cm³/mol. The lowest BCUT2D eigenvalue weighted by Crippen LogP contribution is -2.26. The van der Waals surface area contributed by atoms with Crippen LogP contribution in [-0.2, 0) is 0 Å². The molecule has 0 aliphatic rings. The molecule has 4 heteroatoms. The van der Waals surface area contributed by atoms with Gasteiger partial charge in [0, 0.05) is 11.3 Å². The third-order valence-corrected chi connectivity index (χ3v) is 4.30. The molecule has 0 unspecified atom stereocenters. The zero-order chi connectivity index (χ0) is 13.9. The van der Waals surface area contributed by atoms with Gasteiger partial charge in [-0.05, 0) is 44.9 Å². The van der Waals surface area contributed by atoms with Gasteiger partial charge in [0.05, 0.1) is 19.1 Å². The summed E-state index contributed by atoms with van der Waals surface area (Å²) in [6.45, 7) is 8.95. The fourth-order valence-electron chi connectivity index (χ4n) is 1.71. The van der Waals surface area contributed by atoms with E-state index in [1.165, 1.54) is 0 Å². The van der Waals surface area contributed by atoms with Crippen LogP contribution in [0.3, 0.4) is 0 Å². The number of hydrogen-bond acceptors (Lipinski definition) is 4. The molecule has 0 amide bonds. The van der Waals surface area contributed by atoms with Crippen molar-refractivity contribution in [3.05, 3.63) is 17.2 Å². The normalized spacial score (nSPS) is 11.5. The van der Waals surface area contributed by atoms with Gasteiger partial charge in [-0.25, -0.2) is 0 Å². The van der Waals surface area contributed by atoms with Crippen molar-refractivity contribution in [2.24, 2.45) is 5.73 Å². The minimum atomic E-state index is -0.0278. The van der Waals surface area contributed by atoms with Crippen LogP contribution in [-0.4, -0.2) is 25.5 Å². The first-order valence-corrected chi connectivity index (χ1v) is 6.79. The van der Waals surface area contributed by atoms with Gasteiger partial charge in [-0.2, -0.15) is 0 Å². The highest BCUT2D eigenvalue weighted by atomic mass is 32.2. The zero-order valence-electron chi connectivity index (χ0n) is 12.1. The molecule has 0 bridgehead atoms. The van der Waals surface area contributed by atoms with Crippen LogP contribution in [0.1, 0.15) is 25.0 Å². The molecule has 0 heterocycles. The number of benzene rings is 1. The van der Waals surface area contributed by atoms with Crippen LogP contribution in [0.5, 0.6) is 11.5 Å². The molecule has 2 N–H and O–H groups in total. The largest absolute Gasteiger partial charge is 0.496 e. The monoisotopic (exact) mass is 269 g/mol. The van der Waals surface area contributed by atoms with Gasteiger partial charge in [-0.1, -0.05) is 0 Å². The van der Waals surface area contributed by atoms with Gasteiger partial charge in [0.25, 0.3) is 0 Å². The van der Waals surface area contributed by atoms with E-state index in [1.807, 2.05) is 13.0 Å². The molecule has 0 aliphatic heterocycles. The Morgan fingerprint density at radius 1 is 1.17 bits per heavy atom. The molecular formula is C14H23NO2S. The van der Waals surface area contributed by atoms with Gasteiger partial charge in [-0.15, -0.1) is 11.8 Å². The summed E-state index contributed by atoms with van der Waals surface area (Å²) in [5.41, 5.74) is 8.02. The van der Waals surface area contributed by atoms with Crippen molar-refractivity contribution < 1.29 is 9.47 Å². The molecule has 3 nitrogen and oxygen atoms in total. The summed E-state index contributed by atoms with van der Waals surface area (Å²) in [4.78, 5) is 1.08. The van der Waals surface area contributed by atoms with Crippen molar-refractivity contribution in [3.63, 3.8) is 0 Å². The maximum Gasteiger partial charge on any atom is 0.135 e. The fraction of sp³-hybridized carbons (Fsp3) is 0.571. The van der Waals surface area contributed by atoms with Gasteiger partial charge in [0.1, 0.15) is 11.5 Å². The fourth-order valence-corrected chi connectivity index (χ4v) is 2.89. The Bertz CT molecular complexity index is 430. The summed E-state index contributed by atoms with van der Waals surface area (Å²) in [6.07, 6.45) is 0. The van der Waals surface area contributed by atoms with Crippen LogP contribution < -0.4 is 15.2 Å². The zero-order valence-corrected chi connectivity index (χ0v) is 12.9. The maximum absolute atomic E-state index is 5.79. The van der Waals surface area contributed by atoms with Crippen molar-refractivity contribution in [2.45, 2.75) is 37.3 Å². The van der Waals surface area contributed by atoms with Crippen LogP contribution in [0.4, 0.5) is 0 Å². The second-order valence-corrected chi connectivity index (χ2v) is 6.68. The maximum atomic E-state index is 5.79. The lowest BCUT2D eigenvalue weighted by atomic mass is 10.1. The van der Waals surface area contributed by atoms with Crippen LogP contribution in [0.15, 0.2) is 11.0 Å². The van der Waals surface area contributed by atoms with E-state index in [0.717, 1.165) is 27.5 Å². The third kappa shape index (κ3) is 3.12. The Labute approximate surface area is 114 Å². The summed E-state index contributed by atoms with van der Waals surface area (Å²) in [7, 11) is 3.39. The first-order valence-electron chi connectivity index (χ1n) is 5.97. The van der Waals surface area contributed by atoms with Crippen molar-refractivity contribution in [1.29, 1.82) is 0 Å². The molecule has 0 fully saturated rings. The van der Waals surface area contributed by atoms with Crippen LogP contribution in [0, 0.1) is 13.8 Å². The van der Waals surface area contributed by atoms with Gasteiger partial charge < -0.3 is 15.2 Å². The van der Waals surface area contributed by atoms with Gasteiger partial charge >= 0.3 is 0 Å². The number of thioether (sulfide) groups is 1. The van der Waals surface area contributed by atoms with E-state index in [9.17, 15) is 0 Å². The second-order valence-electron chi connectivity index (χ2n) is 4.93. The molecule has 0 aromatic heterocycles. The molecule has 0 radical (unpaired) electrons. The summed E-state index contributed by atoms with van der Waals surface area (Å²) < 4.78 is 10.9. The standard InChI is InChI=1S/C14H23NO2S/c1-9-10(2)13(17-6)12(7-11(9)16-5)18-14(3,4)8-15/h7H,8,15H2,1-6H3. The van der Waals surface area contributed by atoms with Gasteiger partial charge in [0.15, 0.2) is 0 Å². The van der Waals surface area contributed by atoms with Gasteiger partial charge in [0.2, 0.25) is 0 Å². The highest BCUT2D eigenvalue weighted by molar-refractivity contribution is 8.00. The lowest BCUT2D eigenvalue weighted by Gasteiger charge is -2.24. The minimum absolute atomic E-state index is 0.0278. The summed E-state index contributed by atoms with van der Waals surface area (Å²) >= 11 is 1.72. The molecule has 102 valence electrons. The van der Waals surface area contributed by atoms with Crippen molar-refractivity contribution >= 4 is 11.8 Å². The molecule has 0 atom stereocenters. The summed E-state index contributed by atoms with van der Waals surface area (Å²) in [6, 6.07) is 2.03. The third-order valence-electron chi connectivity index (χ3n) is 3.06. The van der Waals surface area contributed by atoms with E-state index in [-0.39, 0.29) is 4.75 Å². The smallest absolute Gasteiger partial charge is 0.135 e. The Morgan fingerprint density at radius 3 is 2.22 bits per heavy atom. The predicted octanol–water partition coefficient (Wildman–Crippen LogP) is 3.15. The highest BCUT2D eigenvalue weighted by Crippen LogP contribution is 2.43. The van der Waals surface area contributed by atoms with Crippen molar-refractivity contribution in [2.75, 3.05) is 20.8 Å². The Morgan fingerprint density at radius 2 is 1.78 bits per heavy atom. The van der Waals surface area contributed by atoms with Crippen LogP contribution in [0.2, 0.25) is 0 Å². The van der Waals surface area contributed by atoms with Crippen molar-refractivity contribution in [1.82, 2.24) is 0 Å². The molecule has 0 spiro atoms. The lowest BCUT2D eigenvalue weighted by molar-refractivity contribution is 0.388. The van der Waals surface area contributed by atoms with E-state index >= 15 is 0 Å². The van der Waals surface area contributed by atoms with E-state index in [2.05, 4.69) is 20.8 Å².